The van der Waals surface area contributed by atoms with E-state index >= 15 is 0 Å². The highest BCUT2D eigenvalue weighted by atomic mass is 127. The third-order valence-electron chi connectivity index (χ3n) is 1.35. The molecule has 0 saturated heterocycles. The number of alkyl halides is 1. The van der Waals surface area contributed by atoms with Crippen molar-refractivity contribution in [3.63, 3.8) is 0 Å². The van der Waals surface area contributed by atoms with Crippen LogP contribution in [0.4, 0.5) is 0 Å². The number of hydrogen-bond acceptors (Lipinski definition) is 0. The van der Waals surface area contributed by atoms with E-state index in [9.17, 15) is 0 Å². The van der Waals surface area contributed by atoms with Gasteiger partial charge < -0.3 is 0 Å². The molecule has 0 aliphatic carbocycles. The first kappa shape index (κ1) is 8.34. The van der Waals surface area contributed by atoms with Crippen molar-refractivity contribution in [1.82, 2.24) is 0 Å². The summed E-state index contributed by atoms with van der Waals surface area (Å²) in [6.07, 6.45) is 0. The van der Waals surface area contributed by atoms with Gasteiger partial charge in [-0.2, -0.15) is 0 Å². The van der Waals surface area contributed by atoms with E-state index in [1.54, 1.807) is 0 Å². The summed E-state index contributed by atoms with van der Waals surface area (Å²) in [6, 6.07) is 6.29. The van der Waals surface area contributed by atoms with Gasteiger partial charge in [0.15, 0.2) is 0 Å². The molecule has 0 atom stereocenters. The molecule has 0 aliphatic heterocycles. The molecule has 1 aromatic carbocycles. The molecule has 1 aromatic rings. The Hall–Kier alpha value is 0.240. The predicted octanol–water partition coefficient (Wildman–Crippen LogP) is 3.34. The van der Waals surface area contributed by atoms with E-state index in [2.05, 4.69) is 47.7 Å². The zero-order valence-electron chi connectivity index (χ0n) is 5.70. The van der Waals surface area contributed by atoms with Crippen LogP contribution in [0.1, 0.15) is 11.1 Å². The molecule has 10 heavy (non-hydrogen) atoms. The van der Waals surface area contributed by atoms with Gasteiger partial charge in [0, 0.05) is 9.45 Å². The van der Waals surface area contributed by atoms with Crippen molar-refractivity contribution in [2.45, 2.75) is 12.8 Å². The lowest BCUT2D eigenvalue weighted by Crippen LogP contribution is -1.84. The maximum atomic E-state index is 5.68. The molecular weight excluding hydrogens is 258 g/mol. The van der Waals surface area contributed by atoms with Gasteiger partial charge in [0.25, 0.3) is 0 Å². The largest absolute Gasteiger partial charge is 0.122 e. The minimum atomic E-state index is 0.610. The highest BCUT2D eigenvalue weighted by molar-refractivity contribution is 14.1. The zero-order chi connectivity index (χ0) is 7.56. The summed E-state index contributed by atoms with van der Waals surface area (Å²) < 4.78 is 1.26. The SMILES string of the molecule is Cc1ccc(CCl)c(I)c1. The summed E-state index contributed by atoms with van der Waals surface area (Å²) in [5, 5.41) is 0. The molecule has 0 nitrogen and oxygen atoms in total. The molecule has 0 spiro atoms. The fourth-order valence-corrected chi connectivity index (χ4v) is 2.08. The Balaban J connectivity index is 3.07. The Labute approximate surface area is 79.7 Å². The van der Waals surface area contributed by atoms with Crippen molar-refractivity contribution in [1.29, 1.82) is 0 Å². The monoisotopic (exact) mass is 266 g/mol. The van der Waals surface area contributed by atoms with Crippen molar-refractivity contribution in [2.75, 3.05) is 0 Å². The van der Waals surface area contributed by atoms with Gasteiger partial charge in [-0.15, -0.1) is 11.6 Å². The van der Waals surface area contributed by atoms with Crippen LogP contribution in [0.3, 0.4) is 0 Å². The van der Waals surface area contributed by atoms with Crippen molar-refractivity contribution in [2.24, 2.45) is 0 Å². The van der Waals surface area contributed by atoms with E-state index < -0.39 is 0 Å². The number of benzene rings is 1. The van der Waals surface area contributed by atoms with Crippen molar-refractivity contribution in [3.05, 3.63) is 32.9 Å². The van der Waals surface area contributed by atoms with Gasteiger partial charge in [-0.05, 0) is 41.1 Å². The molecule has 0 aromatic heterocycles. The van der Waals surface area contributed by atoms with E-state index in [4.69, 9.17) is 11.6 Å². The maximum Gasteiger partial charge on any atom is 0.0484 e. The van der Waals surface area contributed by atoms with Crippen LogP contribution in [-0.4, -0.2) is 0 Å². The molecule has 0 unspecified atom stereocenters. The quantitative estimate of drug-likeness (QED) is 0.540. The molecule has 0 bridgehead atoms. The van der Waals surface area contributed by atoms with Gasteiger partial charge in [-0.3, -0.25) is 0 Å². The average Bonchev–Trinajstić information content (AvgIpc) is 1.88. The van der Waals surface area contributed by atoms with E-state index in [1.165, 1.54) is 14.7 Å². The van der Waals surface area contributed by atoms with Gasteiger partial charge in [-0.1, -0.05) is 17.7 Å². The summed E-state index contributed by atoms with van der Waals surface area (Å²) >= 11 is 7.98. The van der Waals surface area contributed by atoms with Crippen LogP contribution in [-0.2, 0) is 5.88 Å². The summed E-state index contributed by atoms with van der Waals surface area (Å²) in [4.78, 5) is 0. The molecule has 0 amide bonds. The number of rotatable bonds is 1. The molecule has 2 heteroatoms. The average molecular weight is 267 g/mol. The van der Waals surface area contributed by atoms with Crippen LogP contribution in [0.5, 0.6) is 0 Å². The lowest BCUT2D eigenvalue weighted by molar-refractivity contribution is 1.32. The second kappa shape index (κ2) is 3.58. The van der Waals surface area contributed by atoms with Crippen molar-refractivity contribution < 1.29 is 0 Å². The molecule has 54 valence electrons. The minimum Gasteiger partial charge on any atom is -0.122 e. The lowest BCUT2D eigenvalue weighted by Gasteiger charge is -1.99. The summed E-state index contributed by atoms with van der Waals surface area (Å²) in [7, 11) is 0. The minimum absolute atomic E-state index is 0.610. The summed E-state index contributed by atoms with van der Waals surface area (Å²) in [6.45, 7) is 2.08. The molecule has 0 radical (unpaired) electrons. The highest BCUT2D eigenvalue weighted by Gasteiger charge is 1.95. The maximum absolute atomic E-state index is 5.68. The first-order chi connectivity index (χ1) is 4.74. The van der Waals surface area contributed by atoms with Crippen LogP contribution in [0.15, 0.2) is 18.2 Å². The van der Waals surface area contributed by atoms with Crippen LogP contribution in [0, 0.1) is 10.5 Å². The van der Waals surface area contributed by atoms with Crippen LogP contribution in [0.2, 0.25) is 0 Å². The third kappa shape index (κ3) is 1.86. The predicted molar refractivity (Wildman–Crippen MR) is 53.5 cm³/mol. The molecule has 0 aliphatic rings. The van der Waals surface area contributed by atoms with Crippen LogP contribution < -0.4 is 0 Å². The topological polar surface area (TPSA) is 0 Å². The first-order valence-electron chi connectivity index (χ1n) is 3.05. The smallest absolute Gasteiger partial charge is 0.0484 e. The Kier molecular flexibility index (Phi) is 2.98. The van der Waals surface area contributed by atoms with E-state index in [0.29, 0.717) is 5.88 Å². The first-order valence-corrected chi connectivity index (χ1v) is 4.66. The Morgan fingerprint density at radius 3 is 2.70 bits per heavy atom. The number of aryl methyl sites for hydroxylation is 1. The van der Waals surface area contributed by atoms with Gasteiger partial charge in [0.2, 0.25) is 0 Å². The molecule has 1 rings (SSSR count). The Morgan fingerprint density at radius 1 is 1.50 bits per heavy atom. The third-order valence-corrected chi connectivity index (χ3v) is 2.64. The molecular formula is C8H8ClI. The number of halogens is 2. The fraction of sp³-hybridized carbons (Fsp3) is 0.250. The molecule has 0 fully saturated rings. The van der Waals surface area contributed by atoms with Gasteiger partial charge in [-0.25, -0.2) is 0 Å². The summed E-state index contributed by atoms with van der Waals surface area (Å²) in [5.41, 5.74) is 2.51. The lowest BCUT2D eigenvalue weighted by atomic mass is 10.2. The summed E-state index contributed by atoms with van der Waals surface area (Å²) in [5.74, 6) is 0.610. The normalized spacial score (nSPS) is 9.90. The fourth-order valence-electron chi connectivity index (χ4n) is 0.761. The molecule has 0 heterocycles. The Bertz CT molecular complexity index is 233. The highest BCUT2D eigenvalue weighted by Crippen LogP contribution is 2.15. The van der Waals surface area contributed by atoms with Crippen molar-refractivity contribution in [3.8, 4) is 0 Å². The second-order valence-electron chi connectivity index (χ2n) is 2.23. The Morgan fingerprint density at radius 2 is 2.20 bits per heavy atom. The second-order valence-corrected chi connectivity index (χ2v) is 3.66. The van der Waals surface area contributed by atoms with E-state index in [-0.39, 0.29) is 0 Å². The van der Waals surface area contributed by atoms with E-state index in [0.717, 1.165) is 0 Å². The molecule has 0 saturated carbocycles. The van der Waals surface area contributed by atoms with Gasteiger partial charge in [0.05, 0.1) is 0 Å². The van der Waals surface area contributed by atoms with E-state index in [1.807, 2.05) is 0 Å². The number of hydrogen-bond donors (Lipinski definition) is 0. The molecule has 0 N–H and O–H groups in total. The zero-order valence-corrected chi connectivity index (χ0v) is 8.61. The van der Waals surface area contributed by atoms with Crippen LogP contribution >= 0.6 is 34.2 Å². The van der Waals surface area contributed by atoms with Crippen LogP contribution in [0.25, 0.3) is 0 Å². The van der Waals surface area contributed by atoms with Crippen molar-refractivity contribution >= 4 is 34.2 Å². The van der Waals surface area contributed by atoms with Gasteiger partial charge >= 0.3 is 0 Å². The van der Waals surface area contributed by atoms with Gasteiger partial charge in [0.1, 0.15) is 0 Å². The standard InChI is InChI=1S/C8H8ClI/c1-6-2-3-7(5-9)8(10)4-6/h2-4H,5H2,1H3.